The van der Waals surface area contributed by atoms with Crippen molar-refractivity contribution in [3.8, 4) is 5.75 Å². The van der Waals surface area contributed by atoms with E-state index in [1.165, 1.54) is 0 Å². The number of methoxy groups -OCH3 is 1. The first-order valence-electron chi connectivity index (χ1n) is 7.05. The lowest BCUT2D eigenvalue weighted by Crippen LogP contribution is -2.54. The van der Waals surface area contributed by atoms with Gasteiger partial charge in [-0.1, -0.05) is 6.07 Å². The number of rotatable bonds is 4. The molecule has 0 aliphatic carbocycles. The molecule has 2 saturated heterocycles. The fourth-order valence-electron chi connectivity index (χ4n) is 3.55. The molecule has 2 atom stereocenters. The molecular formula is C15H20N2O3. The maximum Gasteiger partial charge on any atom is 0.331 e. The molecular weight excluding hydrogens is 256 g/mol. The third-order valence-corrected chi connectivity index (χ3v) is 4.54. The van der Waals surface area contributed by atoms with Crippen LogP contribution < -0.4 is 10.1 Å². The van der Waals surface area contributed by atoms with Crippen molar-refractivity contribution in [1.29, 1.82) is 0 Å². The van der Waals surface area contributed by atoms with Crippen LogP contribution >= 0.6 is 0 Å². The zero-order valence-electron chi connectivity index (χ0n) is 11.6. The predicted octanol–water partition coefficient (Wildman–Crippen LogP) is 1.80. The van der Waals surface area contributed by atoms with Crippen LogP contribution in [0.4, 0.5) is 5.69 Å². The largest absolute Gasteiger partial charge is 0.497 e. The summed E-state index contributed by atoms with van der Waals surface area (Å²) >= 11 is 0. The van der Waals surface area contributed by atoms with Crippen LogP contribution in [0, 0.1) is 0 Å². The fraction of sp³-hybridized carbons (Fsp3) is 0.533. The number of aliphatic carboxylic acids is 1. The van der Waals surface area contributed by atoms with E-state index in [4.69, 9.17) is 4.74 Å². The quantitative estimate of drug-likeness (QED) is 0.878. The summed E-state index contributed by atoms with van der Waals surface area (Å²) in [7, 11) is 1.61. The number of nitrogens with one attached hydrogen (secondary N) is 1. The summed E-state index contributed by atoms with van der Waals surface area (Å²) in [5, 5.41) is 13.1. The zero-order valence-corrected chi connectivity index (χ0v) is 11.6. The molecule has 2 unspecified atom stereocenters. The molecule has 2 heterocycles. The number of anilines is 1. The van der Waals surface area contributed by atoms with E-state index in [1.807, 2.05) is 24.3 Å². The lowest BCUT2D eigenvalue weighted by atomic mass is 9.88. The lowest BCUT2D eigenvalue weighted by molar-refractivity contribution is -0.143. The highest BCUT2D eigenvalue weighted by Gasteiger charge is 2.54. The van der Waals surface area contributed by atoms with E-state index in [0.717, 1.165) is 37.4 Å². The average molecular weight is 276 g/mol. The van der Waals surface area contributed by atoms with E-state index in [9.17, 15) is 9.90 Å². The molecule has 0 radical (unpaired) electrons. The molecule has 3 rings (SSSR count). The number of nitrogens with zero attached hydrogens (tertiary/aromatic N) is 1. The summed E-state index contributed by atoms with van der Waals surface area (Å²) in [6.45, 7) is 1.87. The smallest absolute Gasteiger partial charge is 0.331 e. The van der Waals surface area contributed by atoms with E-state index in [2.05, 4.69) is 10.2 Å². The molecule has 1 aromatic rings. The highest BCUT2D eigenvalue weighted by molar-refractivity contribution is 5.85. The second kappa shape index (κ2) is 4.98. The number of hydrogen-bond donors (Lipinski definition) is 2. The third kappa shape index (κ3) is 2.02. The van der Waals surface area contributed by atoms with Gasteiger partial charge in [-0.2, -0.15) is 0 Å². The van der Waals surface area contributed by atoms with Gasteiger partial charge in [0.25, 0.3) is 0 Å². The summed E-state index contributed by atoms with van der Waals surface area (Å²) in [5.41, 5.74) is -0.0661. The number of carbonyl (C=O) groups is 1. The van der Waals surface area contributed by atoms with Crippen LogP contribution in [0.1, 0.15) is 19.3 Å². The normalized spacial score (nSPS) is 29.1. The Hall–Kier alpha value is -1.75. The minimum atomic E-state index is -0.872. The molecule has 2 fully saturated rings. The Bertz CT molecular complexity index is 520. The van der Waals surface area contributed by atoms with Crippen LogP contribution in [0.5, 0.6) is 5.75 Å². The monoisotopic (exact) mass is 276 g/mol. The van der Waals surface area contributed by atoms with Crippen molar-refractivity contribution in [3.05, 3.63) is 24.3 Å². The maximum absolute atomic E-state index is 11.9. The minimum Gasteiger partial charge on any atom is -0.497 e. The van der Waals surface area contributed by atoms with Crippen molar-refractivity contribution in [2.45, 2.75) is 30.8 Å². The second-order valence-electron chi connectivity index (χ2n) is 5.58. The van der Waals surface area contributed by atoms with Crippen molar-refractivity contribution >= 4 is 11.7 Å². The van der Waals surface area contributed by atoms with Crippen molar-refractivity contribution in [1.82, 2.24) is 4.90 Å². The summed E-state index contributed by atoms with van der Waals surface area (Å²) in [4.78, 5) is 14.2. The van der Waals surface area contributed by atoms with Crippen LogP contribution in [-0.2, 0) is 4.79 Å². The number of hydrogen-bond acceptors (Lipinski definition) is 4. The molecule has 0 amide bonds. The molecule has 5 nitrogen and oxygen atoms in total. The summed E-state index contributed by atoms with van der Waals surface area (Å²) in [6.07, 6.45) is 2.67. The predicted molar refractivity (Wildman–Crippen MR) is 76.2 cm³/mol. The minimum absolute atomic E-state index is 0.0891. The van der Waals surface area contributed by atoms with Crippen molar-refractivity contribution < 1.29 is 14.6 Å². The molecule has 20 heavy (non-hydrogen) atoms. The number of carboxylic acids is 1. The van der Waals surface area contributed by atoms with Gasteiger partial charge in [-0.3, -0.25) is 4.90 Å². The second-order valence-corrected chi connectivity index (χ2v) is 5.58. The van der Waals surface area contributed by atoms with Gasteiger partial charge in [-0.25, -0.2) is 4.79 Å². The fourth-order valence-corrected chi connectivity index (χ4v) is 3.55. The molecule has 108 valence electrons. The number of fused-ring (bicyclic) bond motifs is 1. The van der Waals surface area contributed by atoms with Gasteiger partial charge >= 0.3 is 5.97 Å². The zero-order chi connectivity index (χ0) is 14.2. The Labute approximate surface area is 118 Å². The Morgan fingerprint density at radius 1 is 1.50 bits per heavy atom. The molecule has 0 aromatic heterocycles. The van der Waals surface area contributed by atoms with Crippen LogP contribution in [-0.4, -0.2) is 47.8 Å². The summed E-state index contributed by atoms with van der Waals surface area (Å²) in [6, 6.07) is 7.56. The molecule has 2 aliphatic rings. The number of benzene rings is 1. The Morgan fingerprint density at radius 3 is 3.10 bits per heavy atom. The summed E-state index contributed by atoms with van der Waals surface area (Å²) < 4.78 is 5.20. The van der Waals surface area contributed by atoms with E-state index in [0.29, 0.717) is 6.42 Å². The van der Waals surface area contributed by atoms with E-state index >= 15 is 0 Å². The molecule has 2 aliphatic heterocycles. The molecule has 0 saturated carbocycles. The third-order valence-electron chi connectivity index (χ3n) is 4.54. The molecule has 0 spiro atoms. The van der Waals surface area contributed by atoms with E-state index < -0.39 is 11.5 Å². The van der Waals surface area contributed by atoms with Crippen molar-refractivity contribution in [2.24, 2.45) is 0 Å². The molecule has 0 bridgehead atoms. The lowest BCUT2D eigenvalue weighted by Gasteiger charge is -2.33. The van der Waals surface area contributed by atoms with Gasteiger partial charge in [0.1, 0.15) is 5.75 Å². The van der Waals surface area contributed by atoms with Gasteiger partial charge in [0.15, 0.2) is 5.54 Å². The number of ether oxygens (including phenoxy) is 1. The SMILES string of the molecule is COc1cccc(NC2(C(=O)O)CCN3CCCC32)c1. The van der Waals surface area contributed by atoms with Crippen molar-refractivity contribution in [2.75, 3.05) is 25.5 Å². The van der Waals surface area contributed by atoms with Gasteiger partial charge in [0.05, 0.1) is 7.11 Å². The number of carboxylic acid groups (broad SMARTS) is 1. The molecule has 5 heteroatoms. The van der Waals surface area contributed by atoms with Crippen LogP contribution in [0.25, 0.3) is 0 Å². The molecule has 2 N–H and O–H groups in total. The van der Waals surface area contributed by atoms with Gasteiger partial charge < -0.3 is 15.2 Å². The van der Waals surface area contributed by atoms with Crippen LogP contribution in [0.2, 0.25) is 0 Å². The first kappa shape index (κ1) is 13.2. The van der Waals surface area contributed by atoms with Gasteiger partial charge in [0.2, 0.25) is 0 Å². The Kier molecular flexibility index (Phi) is 3.30. The Balaban J connectivity index is 1.90. The standard InChI is InChI=1S/C15H20N2O3/c1-20-12-5-2-4-11(10-12)16-15(14(18)19)7-9-17-8-3-6-13(15)17/h2,4-5,10,13,16H,3,6-9H2,1H3,(H,18,19). The van der Waals surface area contributed by atoms with E-state index in [1.54, 1.807) is 7.11 Å². The van der Waals surface area contributed by atoms with Crippen LogP contribution in [0.3, 0.4) is 0 Å². The first-order valence-corrected chi connectivity index (χ1v) is 7.05. The van der Waals surface area contributed by atoms with Gasteiger partial charge in [-0.15, -0.1) is 0 Å². The van der Waals surface area contributed by atoms with Gasteiger partial charge in [0, 0.05) is 24.3 Å². The van der Waals surface area contributed by atoms with Gasteiger partial charge in [-0.05, 0) is 37.9 Å². The highest BCUT2D eigenvalue weighted by atomic mass is 16.5. The van der Waals surface area contributed by atoms with Crippen molar-refractivity contribution in [3.63, 3.8) is 0 Å². The highest BCUT2D eigenvalue weighted by Crippen LogP contribution is 2.39. The van der Waals surface area contributed by atoms with Crippen LogP contribution in [0.15, 0.2) is 24.3 Å². The topological polar surface area (TPSA) is 61.8 Å². The average Bonchev–Trinajstić information content (AvgIpc) is 3.03. The summed E-state index contributed by atoms with van der Waals surface area (Å²) in [5.74, 6) is -0.0217. The van der Waals surface area contributed by atoms with E-state index in [-0.39, 0.29) is 6.04 Å². The Morgan fingerprint density at radius 2 is 2.35 bits per heavy atom. The molecule has 1 aromatic carbocycles. The maximum atomic E-state index is 11.9. The first-order chi connectivity index (χ1) is 9.65.